The number of nitrogens with one attached hydrogen (secondary N) is 1. The van der Waals surface area contributed by atoms with E-state index in [0.717, 1.165) is 28.8 Å². The Morgan fingerprint density at radius 2 is 2.44 bits per heavy atom. The van der Waals surface area contributed by atoms with Gasteiger partial charge in [0.1, 0.15) is 11.4 Å². The first-order chi connectivity index (χ1) is 8.47. The second kappa shape index (κ2) is 5.29. The zero-order chi connectivity index (χ0) is 13.2. The zero-order valence-corrected chi connectivity index (χ0v) is 11.1. The third-order valence-electron chi connectivity index (χ3n) is 2.47. The molecular formula is C9H13N3O4S2. The molecule has 2 N–H and O–H groups in total. The second-order valence-electron chi connectivity index (χ2n) is 3.95. The lowest BCUT2D eigenvalue weighted by atomic mass is 10.3. The Labute approximate surface area is 109 Å². The third kappa shape index (κ3) is 3.24. The van der Waals surface area contributed by atoms with Crippen LogP contribution < -0.4 is 4.72 Å². The van der Waals surface area contributed by atoms with Gasteiger partial charge in [-0.25, -0.2) is 13.1 Å². The topological polar surface area (TPSA) is 101 Å². The molecule has 1 unspecified atom stereocenters. The summed E-state index contributed by atoms with van der Waals surface area (Å²) in [6, 6.07) is -0.0529. The van der Waals surface area contributed by atoms with Gasteiger partial charge in [-0.15, -0.1) is 0 Å². The van der Waals surface area contributed by atoms with Crippen LogP contribution in [0.4, 0.5) is 0 Å². The van der Waals surface area contributed by atoms with Gasteiger partial charge in [-0.2, -0.15) is 16.9 Å². The van der Waals surface area contributed by atoms with E-state index in [4.69, 9.17) is 5.11 Å². The Morgan fingerprint density at radius 3 is 3.06 bits per heavy atom. The molecule has 2 heterocycles. The molecule has 1 aliphatic heterocycles. The van der Waals surface area contributed by atoms with Crippen LogP contribution in [0.1, 0.15) is 6.42 Å². The molecule has 0 aromatic carbocycles. The number of hydrogen-bond acceptors (Lipinski definition) is 5. The number of thioether (sulfide) groups is 1. The number of carbonyl (C=O) groups is 1. The molecule has 0 aliphatic carbocycles. The lowest BCUT2D eigenvalue weighted by Gasteiger charge is -2.10. The maximum atomic E-state index is 12.0. The van der Waals surface area contributed by atoms with E-state index in [9.17, 15) is 13.2 Å². The number of hydrogen-bond donors (Lipinski definition) is 2. The summed E-state index contributed by atoms with van der Waals surface area (Å²) in [5.41, 5.74) is 0. The molecule has 1 aromatic rings. The van der Waals surface area contributed by atoms with E-state index < -0.39 is 16.0 Å². The van der Waals surface area contributed by atoms with Crippen LogP contribution >= 0.6 is 11.8 Å². The number of nitrogens with zero attached hydrogens (tertiary/aromatic N) is 2. The molecule has 0 radical (unpaired) electrons. The SMILES string of the molecule is O=C(O)Cn1cc(S(=O)(=O)NC2CCSC2)cn1. The zero-order valence-electron chi connectivity index (χ0n) is 9.44. The molecule has 0 bridgehead atoms. The van der Waals surface area contributed by atoms with E-state index in [0.29, 0.717) is 0 Å². The highest BCUT2D eigenvalue weighted by Crippen LogP contribution is 2.19. The van der Waals surface area contributed by atoms with E-state index in [1.807, 2.05) is 0 Å². The molecule has 1 atom stereocenters. The summed E-state index contributed by atoms with van der Waals surface area (Å²) in [5, 5.41) is 12.3. The van der Waals surface area contributed by atoms with Crippen molar-refractivity contribution < 1.29 is 18.3 Å². The van der Waals surface area contributed by atoms with Crippen molar-refractivity contribution in [2.45, 2.75) is 23.9 Å². The average molecular weight is 291 g/mol. The average Bonchev–Trinajstić information content (AvgIpc) is 2.87. The molecule has 9 heteroatoms. The van der Waals surface area contributed by atoms with Crippen LogP contribution in [0.15, 0.2) is 17.3 Å². The molecule has 1 aromatic heterocycles. The monoisotopic (exact) mass is 291 g/mol. The summed E-state index contributed by atoms with van der Waals surface area (Å²) in [7, 11) is -3.60. The predicted octanol–water partition coefficient (Wildman–Crippen LogP) is -0.248. The molecule has 0 amide bonds. The van der Waals surface area contributed by atoms with Gasteiger partial charge in [0.05, 0.1) is 6.20 Å². The molecule has 2 rings (SSSR count). The molecular weight excluding hydrogens is 278 g/mol. The molecule has 1 fully saturated rings. The minimum absolute atomic E-state index is 0.000602. The summed E-state index contributed by atoms with van der Waals surface area (Å²) in [6.45, 7) is -0.352. The Balaban J connectivity index is 2.09. The fourth-order valence-electron chi connectivity index (χ4n) is 1.62. The minimum Gasteiger partial charge on any atom is -0.480 e. The first-order valence-corrected chi connectivity index (χ1v) is 7.95. The van der Waals surface area contributed by atoms with Crippen molar-refractivity contribution >= 4 is 27.8 Å². The number of carboxylic acids is 1. The molecule has 1 aliphatic rings. The van der Waals surface area contributed by atoms with Crippen molar-refractivity contribution in [2.24, 2.45) is 0 Å². The highest BCUT2D eigenvalue weighted by atomic mass is 32.2. The van der Waals surface area contributed by atoms with Crippen molar-refractivity contribution in [1.82, 2.24) is 14.5 Å². The predicted molar refractivity (Wildman–Crippen MR) is 65.9 cm³/mol. The summed E-state index contributed by atoms with van der Waals surface area (Å²) in [6.07, 6.45) is 3.19. The van der Waals surface area contributed by atoms with Gasteiger partial charge in [0.25, 0.3) is 0 Å². The Kier molecular flexibility index (Phi) is 3.93. The standard InChI is InChI=1S/C9H13N3O4S2/c13-9(14)5-12-4-8(3-10-12)18(15,16)11-7-1-2-17-6-7/h3-4,7,11H,1-2,5-6H2,(H,13,14). The fourth-order valence-corrected chi connectivity index (χ4v) is 4.10. The summed E-state index contributed by atoms with van der Waals surface area (Å²) < 4.78 is 27.6. The summed E-state index contributed by atoms with van der Waals surface area (Å²) in [5.74, 6) is 0.649. The lowest BCUT2D eigenvalue weighted by Crippen LogP contribution is -2.34. The van der Waals surface area contributed by atoms with Gasteiger partial charge >= 0.3 is 5.97 Å². The van der Waals surface area contributed by atoms with Crippen LogP contribution in [0.25, 0.3) is 0 Å². The summed E-state index contributed by atoms with van der Waals surface area (Å²) in [4.78, 5) is 10.5. The second-order valence-corrected chi connectivity index (χ2v) is 6.81. The molecule has 100 valence electrons. The van der Waals surface area contributed by atoms with E-state index in [2.05, 4.69) is 9.82 Å². The molecule has 1 saturated heterocycles. The number of aliphatic carboxylic acids is 1. The highest BCUT2D eigenvalue weighted by molar-refractivity contribution is 7.99. The molecule has 18 heavy (non-hydrogen) atoms. The van der Waals surface area contributed by atoms with Crippen molar-refractivity contribution in [3.63, 3.8) is 0 Å². The smallest absolute Gasteiger partial charge is 0.325 e. The van der Waals surface area contributed by atoms with Gasteiger partial charge < -0.3 is 5.11 Å². The Hall–Kier alpha value is -1.06. The van der Waals surface area contributed by atoms with E-state index in [-0.39, 0.29) is 17.5 Å². The maximum Gasteiger partial charge on any atom is 0.325 e. The number of sulfonamides is 1. The van der Waals surface area contributed by atoms with E-state index in [1.165, 1.54) is 6.20 Å². The van der Waals surface area contributed by atoms with Gasteiger partial charge in [-0.05, 0) is 12.2 Å². The van der Waals surface area contributed by atoms with Gasteiger partial charge in [-0.1, -0.05) is 0 Å². The number of rotatable bonds is 5. The first kappa shape index (κ1) is 13.4. The lowest BCUT2D eigenvalue weighted by molar-refractivity contribution is -0.137. The van der Waals surface area contributed by atoms with Gasteiger partial charge in [-0.3, -0.25) is 9.48 Å². The van der Waals surface area contributed by atoms with Gasteiger partial charge in [0.2, 0.25) is 10.0 Å². The van der Waals surface area contributed by atoms with Crippen LogP contribution in [-0.2, 0) is 21.4 Å². The molecule has 0 spiro atoms. The largest absolute Gasteiger partial charge is 0.480 e. The van der Waals surface area contributed by atoms with Crippen LogP contribution in [-0.4, -0.2) is 46.8 Å². The van der Waals surface area contributed by atoms with Gasteiger partial charge in [0, 0.05) is 18.0 Å². The first-order valence-electron chi connectivity index (χ1n) is 5.32. The fraction of sp³-hybridized carbons (Fsp3) is 0.556. The van der Waals surface area contributed by atoms with Crippen LogP contribution in [0.3, 0.4) is 0 Å². The molecule has 0 saturated carbocycles. The van der Waals surface area contributed by atoms with Crippen LogP contribution in [0, 0.1) is 0 Å². The number of aromatic nitrogens is 2. The van der Waals surface area contributed by atoms with Crippen LogP contribution in [0.2, 0.25) is 0 Å². The van der Waals surface area contributed by atoms with Gasteiger partial charge in [0.15, 0.2) is 0 Å². The normalized spacial score (nSPS) is 20.1. The maximum absolute atomic E-state index is 12.0. The highest BCUT2D eigenvalue weighted by Gasteiger charge is 2.24. The Bertz CT molecular complexity index is 534. The Morgan fingerprint density at radius 1 is 1.67 bits per heavy atom. The van der Waals surface area contributed by atoms with Crippen molar-refractivity contribution in [2.75, 3.05) is 11.5 Å². The van der Waals surface area contributed by atoms with E-state index in [1.54, 1.807) is 11.8 Å². The van der Waals surface area contributed by atoms with Crippen molar-refractivity contribution in [3.05, 3.63) is 12.4 Å². The van der Waals surface area contributed by atoms with Crippen molar-refractivity contribution in [1.29, 1.82) is 0 Å². The van der Waals surface area contributed by atoms with Crippen LogP contribution in [0.5, 0.6) is 0 Å². The minimum atomic E-state index is -3.60. The van der Waals surface area contributed by atoms with Crippen molar-refractivity contribution in [3.8, 4) is 0 Å². The number of carboxylic acid groups (broad SMARTS) is 1. The summed E-state index contributed by atoms with van der Waals surface area (Å²) >= 11 is 1.71. The third-order valence-corrected chi connectivity index (χ3v) is 5.11. The quantitative estimate of drug-likeness (QED) is 0.776. The van der Waals surface area contributed by atoms with E-state index >= 15 is 0 Å². The molecule has 7 nitrogen and oxygen atoms in total.